The molecule has 1 aromatic carbocycles. The summed E-state index contributed by atoms with van der Waals surface area (Å²) in [5.74, 6) is 2.95. The van der Waals surface area contributed by atoms with E-state index in [9.17, 15) is 0 Å². The maximum Gasteiger partial charge on any atom is 0.131 e. The number of anilines is 1. The molecule has 0 fully saturated rings. The Bertz CT molecular complexity index is 668. The SMILES string of the molecule is CC(C)CCCOc1ccc2c(c1)OCc1c-2ccnc1N. The monoisotopic (exact) mass is 298 g/mol. The lowest BCUT2D eigenvalue weighted by atomic mass is 9.98. The van der Waals surface area contributed by atoms with Crippen LogP contribution in [0.25, 0.3) is 11.1 Å². The summed E-state index contributed by atoms with van der Waals surface area (Å²) >= 11 is 0. The molecule has 0 aliphatic carbocycles. The van der Waals surface area contributed by atoms with E-state index in [4.69, 9.17) is 15.2 Å². The number of rotatable bonds is 5. The second-order valence-corrected chi connectivity index (χ2v) is 6.05. The molecule has 116 valence electrons. The Morgan fingerprint density at radius 1 is 1.27 bits per heavy atom. The van der Waals surface area contributed by atoms with Gasteiger partial charge in [-0.1, -0.05) is 13.8 Å². The van der Waals surface area contributed by atoms with Crippen LogP contribution in [0.5, 0.6) is 11.5 Å². The summed E-state index contributed by atoms with van der Waals surface area (Å²) in [6, 6.07) is 7.97. The number of nitrogen functional groups attached to an aromatic ring is 1. The van der Waals surface area contributed by atoms with E-state index in [-0.39, 0.29) is 0 Å². The molecule has 1 aromatic heterocycles. The fourth-order valence-electron chi connectivity index (χ4n) is 2.68. The van der Waals surface area contributed by atoms with Gasteiger partial charge in [-0.15, -0.1) is 0 Å². The van der Waals surface area contributed by atoms with Crippen LogP contribution in [0.2, 0.25) is 0 Å². The summed E-state index contributed by atoms with van der Waals surface area (Å²) in [7, 11) is 0. The highest BCUT2D eigenvalue weighted by atomic mass is 16.5. The summed E-state index contributed by atoms with van der Waals surface area (Å²) in [5.41, 5.74) is 9.02. The minimum atomic E-state index is 0.457. The van der Waals surface area contributed by atoms with Crippen LogP contribution < -0.4 is 15.2 Å². The summed E-state index contributed by atoms with van der Waals surface area (Å²) in [6.07, 6.45) is 3.99. The van der Waals surface area contributed by atoms with Crippen LogP contribution in [-0.2, 0) is 6.61 Å². The zero-order valence-electron chi connectivity index (χ0n) is 13.1. The van der Waals surface area contributed by atoms with Gasteiger partial charge in [-0.2, -0.15) is 0 Å². The van der Waals surface area contributed by atoms with Gasteiger partial charge in [0.25, 0.3) is 0 Å². The van der Waals surface area contributed by atoms with E-state index in [1.54, 1.807) is 6.20 Å². The van der Waals surface area contributed by atoms with E-state index >= 15 is 0 Å². The van der Waals surface area contributed by atoms with Crippen LogP contribution in [0.1, 0.15) is 32.3 Å². The van der Waals surface area contributed by atoms with Gasteiger partial charge in [-0.05, 0) is 42.5 Å². The molecule has 0 atom stereocenters. The van der Waals surface area contributed by atoms with E-state index in [0.29, 0.717) is 18.3 Å². The average Bonchev–Trinajstić information content (AvgIpc) is 2.51. The molecule has 4 nitrogen and oxygen atoms in total. The van der Waals surface area contributed by atoms with E-state index in [2.05, 4.69) is 18.8 Å². The molecule has 0 bridgehead atoms. The van der Waals surface area contributed by atoms with Gasteiger partial charge in [-0.3, -0.25) is 0 Å². The van der Waals surface area contributed by atoms with E-state index < -0.39 is 0 Å². The molecule has 0 unspecified atom stereocenters. The first-order valence-corrected chi connectivity index (χ1v) is 7.78. The van der Waals surface area contributed by atoms with Gasteiger partial charge < -0.3 is 15.2 Å². The van der Waals surface area contributed by atoms with Crippen LogP contribution in [0.4, 0.5) is 5.82 Å². The molecule has 22 heavy (non-hydrogen) atoms. The number of ether oxygens (including phenoxy) is 2. The van der Waals surface area contributed by atoms with Crippen molar-refractivity contribution in [3.05, 3.63) is 36.0 Å². The van der Waals surface area contributed by atoms with Crippen LogP contribution in [-0.4, -0.2) is 11.6 Å². The standard InChI is InChI=1S/C18H22N2O2/c1-12(2)4-3-9-21-13-5-6-15-14-7-8-20-18(19)16(14)11-22-17(15)10-13/h5-8,10,12H,3-4,9,11H2,1-2H3,(H2,19,20). The lowest BCUT2D eigenvalue weighted by Crippen LogP contribution is -2.10. The maximum absolute atomic E-state index is 5.92. The molecule has 2 aromatic rings. The number of hydrogen-bond donors (Lipinski definition) is 1. The summed E-state index contributed by atoms with van der Waals surface area (Å²) in [5, 5.41) is 0. The highest BCUT2D eigenvalue weighted by Gasteiger charge is 2.20. The summed E-state index contributed by atoms with van der Waals surface area (Å²) in [6.45, 7) is 5.65. The Morgan fingerprint density at radius 2 is 2.14 bits per heavy atom. The third kappa shape index (κ3) is 3.01. The highest BCUT2D eigenvalue weighted by molar-refractivity contribution is 5.78. The average molecular weight is 298 g/mol. The van der Waals surface area contributed by atoms with Crippen LogP contribution >= 0.6 is 0 Å². The number of pyridine rings is 1. The van der Waals surface area contributed by atoms with Crippen molar-refractivity contribution in [2.24, 2.45) is 5.92 Å². The predicted octanol–water partition coefficient (Wildman–Crippen LogP) is 4.04. The fraction of sp³-hybridized carbons (Fsp3) is 0.389. The minimum Gasteiger partial charge on any atom is -0.493 e. The molecule has 0 saturated carbocycles. The Labute approximate surface area is 131 Å². The molecule has 1 aliphatic rings. The van der Waals surface area contributed by atoms with Gasteiger partial charge in [0.1, 0.15) is 23.9 Å². The van der Waals surface area contributed by atoms with Crippen molar-refractivity contribution in [2.75, 3.05) is 12.3 Å². The van der Waals surface area contributed by atoms with Gasteiger partial charge in [0.05, 0.1) is 6.61 Å². The molecular formula is C18H22N2O2. The molecule has 4 heteroatoms. The van der Waals surface area contributed by atoms with Crippen LogP contribution in [0.3, 0.4) is 0 Å². The fourth-order valence-corrected chi connectivity index (χ4v) is 2.68. The second kappa shape index (κ2) is 6.26. The molecule has 2 N–H and O–H groups in total. The zero-order chi connectivity index (χ0) is 15.5. The predicted molar refractivity (Wildman–Crippen MR) is 88.0 cm³/mol. The quantitative estimate of drug-likeness (QED) is 0.846. The van der Waals surface area contributed by atoms with E-state index in [1.165, 1.54) is 6.42 Å². The summed E-state index contributed by atoms with van der Waals surface area (Å²) < 4.78 is 11.6. The maximum atomic E-state index is 5.92. The highest BCUT2D eigenvalue weighted by Crippen LogP contribution is 2.40. The Balaban J connectivity index is 1.75. The van der Waals surface area contributed by atoms with Gasteiger partial charge >= 0.3 is 0 Å². The van der Waals surface area contributed by atoms with Crippen molar-refractivity contribution in [2.45, 2.75) is 33.3 Å². The normalized spacial score (nSPS) is 12.5. The molecule has 0 radical (unpaired) electrons. The van der Waals surface area contributed by atoms with Crippen LogP contribution in [0.15, 0.2) is 30.5 Å². The molecule has 2 heterocycles. The van der Waals surface area contributed by atoms with Crippen molar-refractivity contribution >= 4 is 5.82 Å². The first-order valence-electron chi connectivity index (χ1n) is 7.78. The van der Waals surface area contributed by atoms with Crippen molar-refractivity contribution < 1.29 is 9.47 Å². The molecule has 1 aliphatic heterocycles. The minimum absolute atomic E-state index is 0.457. The zero-order valence-corrected chi connectivity index (χ0v) is 13.1. The number of nitrogens with zero attached hydrogens (tertiary/aromatic N) is 1. The first-order chi connectivity index (χ1) is 10.6. The van der Waals surface area contributed by atoms with E-state index in [1.807, 2.05) is 24.3 Å². The molecular weight excluding hydrogens is 276 g/mol. The lowest BCUT2D eigenvalue weighted by Gasteiger charge is -2.22. The van der Waals surface area contributed by atoms with Crippen molar-refractivity contribution in [1.82, 2.24) is 4.98 Å². The molecule has 0 amide bonds. The van der Waals surface area contributed by atoms with Gasteiger partial charge in [0.2, 0.25) is 0 Å². The smallest absolute Gasteiger partial charge is 0.131 e. The summed E-state index contributed by atoms with van der Waals surface area (Å²) in [4.78, 5) is 4.12. The second-order valence-electron chi connectivity index (χ2n) is 6.05. The Morgan fingerprint density at radius 3 is 2.95 bits per heavy atom. The van der Waals surface area contributed by atoms with Crippen molar-refractivity contribution in [3.63, 3.8) is 0 Å². The topological polar surface area (TPSA) is 57.4 Å². The molecule has 0 saturated heterocycles. The van der Waals surface area contributed by atoms with Gasteiger partial charge in [0.15, 0.2) is 0 Å². The third-order valence-corrected chi connectivity index (χ3v) is 3.90. The number of benzene rings is 1. The Kier molecular flexibility index (Phi) is 4.18. The molecule has 3 rings (SSSR count). The van der Waals surface area contributed by atoms with Crippen molar-refractivity contribution in [3.8, 4) is 22.6 Å². The number of hydrogen-bond acceptors (Lipinski definition) is 4. The number of fused-ring (bicyclic) bond motifs is 3. The molecule has 0 spiro atoms. The number of aromatic nitrogens is 1. The number of nitrogens with two attached hydrogens (primary N) is 1. The van der Waals surface area contributed by atoms with Crippen LogP contribution in [0, 0.1) is 5.92 Å². The lowest BCUT2D eigenvalue weighted by molar-refractivity contribution is 0.285. The first kappa shape index (κ1) is 14.7. The third-order valence-electron chi connectivity index (χ3n) is 3.90. The van der Waals surface area contributed by atoms with Gasteiger partial charge in [-0.25, -0.2) is 4.98 Å². The largest absolute Gasteiger partial charge is 0.493 e. The van der Waals surface area contributed by atoms with Crippen molar-refractivity contribution in [1.29, 1.82) is 0 Å². The van der Waals surface area contributed by atoms with Gasteiger partial charge in [0, 0.05) is 23.4 Å². The van der Waals surface area contributed by atoms with E-state index in [0.717, 1.165) is 41.2 Å². The Hall–Kier alpha value is -2.23.